The van der Waals surface area contributed by atoms with Crippen molar-refractivity contribution in [1.29, 1.82) is 0 Å². The molecule has 0 saturated heterocycles. The maximum Gasteiger partial charge on any atom is 0.254 e. The third-order valence-electron chi connectivity index (χ3n) is 4.91. The predicted octanol–water partition coefficient (Wildman–Crippen LogP) is 6.16. The van der Waals surface area contributed by atoms with E-state index in [1.165, 1.54) is 6.07 Å². The number of carbonyl (C=O) groups excluding carboxylic acids is 1. The van der Waals surface area contributed by atoms with Crippen LogP contribution < -0.4 is 0 Å². The van der Waals surface area contributed by atoms with Gasteiger partial charge in [-0.15, -0.1) is 0 Å². The topological polar surface area (TPSA) is 25.2 Å². The van der Waals surface area contributed by atoms with Crippen molar-refractivity contribution in [3.05, 3.63) is 94.5 Å². The van der Waals surface area contributed by atoms with E-state index < -0.39 is 0 Å². The largest absolute Gasteiger partial charge is 0.345 e. The van der Waals surface area contributed by atoms with E-state index in [1.54, 1.807) is 36.4 Å². The van der Waals surface area contributed by atoms with E-state index in [0.717, 1.165) is 30.5 Å². The average molecular weight is 413 g/mol. The molecule has 152 valence electrons. The minimum absolute atomic E-state index is 0.0258. The van der Waals surface area contributed by atoms with Crippen LogP contribution in [0.4, 0.5) is 4.39 Å². The molecule has 3 nitrogen and oxygen atoms in total. The van der Waals surface area contributed by atoms with Gasteiger partial charge in [0, 0.05) is 35.6 Å². The summed E-state index contributed by atoms with van der Waals surface area (Å²) >= 11 is 6.09. The molecule has 3 rings (SSSR count). The van der Waals surface area contributed by atoms with Crippen LogP contribution in [0.5, 0.6) is 0 Å². The fourth-order valence-electron chi connectivity index (χ4n) is 3.38. The second-order valence-corrected chi connectivity index (χ2v) is 7.64. The van der Waals surface area contributed by atoms with Crippen molar-refractivity contribution in [3.8, 4) is 0 Å². The Kier molecular flexibility index (Phi) is 7.48. The van der Waals surface area contributed by atoms with Crippen molar-refractivity contribution < 1.29 is 9.18 Å². The van der Waals surface area contributed by atoms with Gasteiger partial charge in [0.05, 0.1) is 6.54 Å². The van der Waals surface area contributed by atoms with Gasteiger partial charge in [0.2, 0.25) is 0 Å². The zero-order valence-electron chi connectivity index (χ0n) is 16.7. The highest BCUT2D eigenvalue weighted by Crippen LogP contribution is 2.17. The molecule has 0 aliphatic carbocycles. The van der Waals surface area contributed by atoms with Gasteiger partial charge in [0.1, 0.15) is 5.82 Å². The Labute approximate surface area is 176 Å². The first-order valence-electron chi connectivity index (χ1n) is 10.00. The molecule has 0 fully saturated rings. The number of nitrogens with zero attached hydrogens (tertiary/aromatic N) is 2. The summed E-state index contributed by atoms with van der Waals surface area (Å²) in [7, 11) is 0. The van der Waals surface area contributed by atoms with Gasteiger partial charge < -0.3 is 9.47 Å². The number of unbranched alkanes of at least 4 members (excludes halogenated alkanes) is 2. The van der Waals surface area contributed by atoms with Crippen molar-refractivity contribution in [3.63, 3.8) is 0 Å². The number of halogens is 2. The number of hydrogen-bond donors (Lipinski definition) is 0. The Morgan fingerprint density at radius 2 is 1.90 bits per heavy atom. The molecular formula is C24H26ClFN2O. The Hall–Kier alpha value is -2.59. The maximum absolute atomic E-state index is 13.5. The standard InChI is InChI=1S/C24H26ClFN2O/c1-2-3-4-13-28(24(29)20-9-6-10-21(25)16-20)18-23-12-7-14-27(23)17-19-8-5-11-22(26)15-19/h5-12,14-16H,2-4,13,17-18H2,1H3. The van der Waals surface area contributed by atoms with Gasteiger partial charge in [-0.1, -0.05) is 49.6 Å². The summed E-state index contributed by atoms with van der Waals surface area (Å²) in [6.45, 7) is 3.89. The molecule has 0 bridgehead atoms. The monoisotopic (exact) mass is 412 g/mol. The molecule has 1 heterocycles. The molecule has 0 N–H and O–H groups in total. The van der Waals surface area contributed by atoms with Crippen LogP contribution in [0.25, 0.3) is 0 Å². The first kappa shape index (κ1) is 21.1. The Bertz CT molecular complexity index is 953. The van der Waals surface area contributed by atoms with Crippen LogP contribution in [-0.4, -0.2) is 21.9 Å². The smallest absolute Gasteiger partial charge is 0.254 e. The van der Waals surface area contributed by atoms with Crippen LogP contribution in [0.1, 0.15) is 47.8 Å². The zero-order chi connectivity index (χ0) is 20.6. The summed E-state index contributed by atoms with van der Waals surface area (Å²) in [6, 6.07) is 17.7. The van der Waals surface area contributed by atoms with Crippen LogP contribution in [0, 0.1) is 5.82 Å². The van der Waals surface area contributed by atoms with Gasteiger partial charge in [0.15, 0.2) is 0 Å². The SMILES string of the molecule is CCCCCN(Cc1cccn1Cc1cccc(F)c1)C(=O)c1cccc(Cl)c1. The minimum Gasteiger partial charge on any atom is -0.345 e. The molecule has 0 spiro atoms. The Morgan fingerprint density at radius 1 is 1.07 bits per heavy atom. The maximum atomic E-state index is 13.5. The second kappa shape index (κ2) is 10.3. The van der Waals surface area contributed by atoms with E-state index in [2.05, 4.69) is 11.5 Å². The van der Waals surface area contributed by atoms with Crippen LogP contribution >= 0.6 is 11.6 Å². The first-order valence-corrected chi connectivity index (χ1v) is 10.4. The normalized spacial score (nSPS) is 10.9. The molecule has 1 aromatic heterocycles. The van der Waals surface area contributed by atoms with Crippen LogP contribution in [0.15, 0.2) is 66.9 Å². The van der Waals surface area contributed by atoms with Crippen LogP contribution in [-0.2, 0) is 13.1 Å². The quantitative estimate of drug-likeness (QED) is 0.386. The van der Waals surface area contributed by atoms with E-state index >= 15 is 0 Å². The van der Waals surface area contributed by atoms with Crippen molar-refractivity contribution in [2.75, 3.05) is 6.54 Å². The highest BCUT2D eigenvalue weighted by molar-refractivity contribution is 6.30. The number of amides is 1. The highest BCUT2D eigenvalue weighted by Gasteiger charge is 2.18. The first-order chi connectivity index (χ1) is 14.1. The third-order valence-corrected chi connectivity index (χ3v) is 5.14. The molecule has 0 saturated carbocycles. The molecule has 3 aromatic rings. The summed E-state index contributed by atoms with van der Waals surface area (Å²) in [4.78, 5) is 15.0. The summed E-state index contributed by atoms with van der Waals surface area (Å²) in [5.41, 5.74) is 2.50. The van der Waals surface area contributed by atoms with Crippen molar-refractivity contribution in [2.24, 2.45) is 0 Å². The van der Waals surface area contributed by atoms with Crippen LogP contribution in [0.2, 0.25) is 5.02 Å². The highest BCUT2D eigenvalue weighted by atomic mass is 35.5. The molecule has 0 aliphatic heterocycles. The predicted molar refractivity (Wildman–Crippen MR) is 116 cm³/mol. The summed E-state index contributed by atoms with van der Waals surface area (Å²) < 4.78 is 15.6. The Morgan fingerprint density at radius 3 is 2.66 bits per heavy atom. The van der Waals surface area contributed by atoms with E-state index in [9.17, 15) is 9.18 Å². The number of rotatable bonds is 9. The molecule has 0 aliphatic rings. The molecule has 2 aromatic carbocycles. The lowest BCUT2D eigenvalue weighted by atomic mass is 10.1. The lowest BCUT2D eigenvalue weighted by molar-refractivity contribution is 0.0736. The summed E-state index contributed by atoms with van der Waals surface area (Å²) in [5, 5.41) is 0.554. The van der Waals surface area contributed by atoms with E-state index in [4.69, 9.17) is 11.6 Å². The van der Waals surface area contributed by atoms with Gasteiger partial charge in [-0.3, -0.25) is 4.79 Å². The number of carbonyl (C=O) groups is 1. The van der Waals surface area contributed by atoms with Crippen LogP contribution in [0.3, 0.4) is 0 Å². The lowest BCUT2D eigenvalue weighted by Gasteiger charge is -2.24. The van der Waals surface area contributed by atoms with Gasteiger partial charge >= 0.3 is 0 Å². The second-order valence-electron chi connectivity index (χ2n) is 7.20. The molecule has 0 radical (unpaired) electrons. The molecule has 1 amide bonds. The number of aromatic nitrogens is 1. The fourth-order valence-corrected chi connectivity index (χ4v) is 3.57. The van der Waals surface area contributed by atoms with Crippen molar-refractivity contribution >= 4 is 17.5 Å². The third kappa shape index (κ3) is 5.94. The fraction of sp³-hybridized carbons (Fsp3) is 0.292. The lowest BCUT2D eigenvalue weighted by Crippen LogP contribution is -2.32. The van der Waals surface area contributed by atoms with Crippen molar-refractivity contribution in [1.82, 2.24) is 9.47 Å². The zero-order valence-corrected chi connectivity index (χ0v) is 17.4. The average Bonchev–Trinajstić information content (AvgIpc) is 3.13. The van der Waals surface area contributed by atoms with Gasteiger partial charge in [0.25, 0.3) is 5.91 Å². The molecular weight excluding hydrogens is 387 g/mol. The molecule has 0 unspecified atom stereocenters. The number of benzene rings is 2. The number of hydrogen-bond acceptors (Lipinski definition) is 1. The van der Waals surface area contributed by atoms with Gasteiger partial charge in [-0.2, -0.15) is 0 Å². The van der Waals surface area contributed by atoms with Crippen molar-refractivity contribution in [2.45, 2.75) is 39.3 Å². The summed E-state index contributed by atoms with van der Waals surface area (Å²) in [5.74, 6) is -0.268. The van der Waals surface area contributed by atoms with Gasteiger partial charge in [-0.05, 0) is 54.4 Å². The molecule has 29 heavy (non-hydrogen) atoms. The molecule has 0 atom stereocenters. The van der Waals surface area contributed by atoms with E-state index in [0.29, 0.717) is 30.2 Å². The minimum atomic E-state index is -0.242. The molecule has 5 heteroatoms. The Balaban J connectivity index is 1.79. The van der Waals surface area contributed by atoms with E-state index in [1.807, 2.05) is 29.3 Å². The van der Waals surface area contributed by atoms with E-state index in [-0.39, 0.29) is 11.7 Å². The summed E-state index contributed by atoms with van der Waals surface area (Å²) in [6.07, 6.45) is 5.08. The van der Waals surface area contributed by atoms with Gasteiger partial charge in [-0.25, -0.2) is 4.39 Å².